The van der Waals surface area contributed by atoms with Crippen molar-refractivity contribution < 1.29 is 9.90 Å². The minimum Gasteiger partial charge on any atom is -0.481 e. The van der Waals surface area contributed by atoms with Crippen LogP contribution in [0, 0.1) is 5.92 Å². The minimum absolute atomic E-state index is 0.0451. The first-order valence-electron chi connectivity index (χ1n) is 5.24. The molecule has 0 radical (unpaired) electrons. The Bertz CT molecular complexity index is 407. The van der Waals surface area contributed by atoms with Gasteiger partial charge in [0.05, 0.1) is 5.92 Å². The summed E-state index contributed by atoms with van der Waals surface area (Å²) in [5, 5.41) is 9.13. The van der Waals surface area contributed by atoms with E-state index in [0.29, 0.717) is 6.42 Å². The number of carboxylic acids is 1. The van der Waals surface area contributed by atoms with Crippen molar-refractivity contribution in [1.82, 2.24) is 0 Å². The number of benzene rings is 1. The first-order valence-corrected chi connectivity index (χ1v) is 5.24. The lowest BCUT2D eigenvalue weighted by Gasteiger charge is -2.17. The van der Waals surface area contributed by atoms with Gasteiger partial charge in [0.15, 0.2) is 0 Å². The van der Waals surface area contributed by atoms with Crippen molar-refractivity contribution in [2.24, 2.45) is 5.92 Å². The molecule has 0 amide bonds. The summed E-state index contributed by atoms with van der Waals surface area (Å²) in [7, 11) is 0. The summed E-state index contributed by atoms with van der Waals surface area (Å²) in [5.41, 5.74) is 2.30. The van der Waals surface area contributed by atoms with Crippen molar-refractivity contribution in [3.8, 4) is 0 Å². The van der Waals surface area contributed by atoms with E-state index in [1.165, 1.54) is 0 Å². The molecule has 1 aromatic rings. The summed E-state index contributed by atoms with van der Waals surface area (Å²) in [5.74, 6) is -0.961. The average molecular weight is 202 g/mol. The molecular formula is C13H14O2. The molecule has 1 aliphatic carbocycles. The van der Waals surface area contributed by atoms with Crippen LogP contribution in [0.2, 0.25) is 0 Å². The van der Waals surface area contributed by atoms with Gasteiger partial charge in [-0.1, -0.05) is 43.3 Å². The SMILES string of the molecule is CCC(C(=O)O)C1C=Cc2ccccc21. The highest BCUT2D eigenvalue weighted by molar-refractivity contribution is 5.75. The Morgan fingerprint density at radius 3 is 2.87 bits per heavy atom. The number of fused-ring (bicyclic) bond motifs is 1. The van der Waals surface area contributed by atoms with Gasteiger partial charge in [0.25, 0.3) is 0 Å². The average Bonchev–Trinajstić information content (AvgIpc) is 2.63. The summed E-state index contributed by atoms with van der Waals surface area (Å²) in [4.78, 5) is 11.1. The number of carboxylic acid groups (broad SMARTS) is 1. The summed E-state index contributed by atoms with van der Waals surface area (Å²) in [6, 6.07) is 7.99. The molecule has 2 rings (SSSR count). The van der Waals surface area contributed by atoms with Gasteiger partial charge in [-0.2, -0.15) is 0 Å². The highest BCUT2D eigenvalue weighted by atomic mass is 16.4. The minimum atomic E-state index is -0.705. The molecule has 2 nitrogen and oxygen atoms in total. The third-order valence-electron chi connectivity index (χ3n) is 3.03. The fourth-order valence-electron chi connectivity index (χ4n) is 2.21. The molecule has 1 aromatic carbocycles. The lowest BCUT2D eigenvalue weighted by atomic mass is 9.86. The van der Waals surface area contributed by atoms with E-state index in [1.54, 1.807) is 0 Å². The molecule has 78 valence electrons. The van der Waals surface area contributed by atoms with Crippen LogP contribution < -0.4 is 0 Å². The fraction of sp³-hybridized carbons (Fsp3) is 0.308. The Hall–Kier alpha value is -1.57. The molecule has 0 bridgehead atoms. The number of carbonyl (C=O) groups is 1. The Kier molecular flexibility index (Phi) is 2.58. The van der Waals surface area contributed by atoms with Crippen LogP contribution >= 0.6 is 0 Å². The maximum Gasteiger partial charge on any atom is 0.307 e. The molecule has 0 saturated heterocycles. The van der Waals surface area contributed by atoms with Crippen LogP contribution in [-0.4, -0.2) is 11.1 Å². The molecule has 0 saturated carbocycles. The van der Waals surface area contributed by atoms with Crippen molar-refractivity contribution in [3.05, 3.63) is 41.5 Å². The zero-order valence-electron chi connectivity index (χ0n) is 8.68. The molecule has 0 aromatic heterocycles. The molecule has 1 N–H and O–H groups in total. The monoisotopic (exact) mass is 202 g/mol. The van der Waals surface area contributed by atoms with E-state index in [-0.39, 0.29) is 11.8 Å². The van der Waals surface area contributed by atoms with Crippen LogP contribution in [0.1, 0.15) is 30.4 Å². The molecule has 0 fully saturated rings. The van der Waals surface area contributed by atoms with Crippen molar-refractivity contribution in [3.63, 3.8) is 0 Å². The second-order valence-corrected chi connectivity index (χ2v) is 3.87. The molecule has 2 unspecified atom stereocenters. The Morgan fingerprint density at radius 2 is 2.20 bits per heavy atom. The van der Waals surface area contributed by atoms with Crippen molar-refractivity contribution in [2.45, 2.75) is 19.3 Å². The van der Waals surface area contributed by atoms with Gasteiger partial charge in [-0.15, -0.1) is 0 Å². The van der Waals surface area contributed by atoms with Gasteiger partial charge in [0.2, 0.25) is 0 Å². The second kappa shape index (κ2) is 3.89. The van der Waals surface area contributed by atoms with Gasteiger partial charge in [0.1, 0.15) is 0 Å². The molecular weight excluding hydrogens is 188 g/mol. The lowest BCUT2D eigenvalue weighted by Crippen LogP contribution is -2.19. The molecule has 0 heterocycles. The Labute approximate surface area is 89.2 Å². The lowest BCUT2D eigenvalue weighted by molar-refractivity contribution is -0.142. The van der Waals surface area contributed by atoms with E-state index in [4.69, 9.17) is 5.11 Å². The van der Waals surface area contributed by atoms with E-state index in [1.807, 2.05) is 43.3 Å². The Balaban J connectivity index is 2.34. The molecule has 2 heteroatoms. The van der Waals surface area contributed by atoms with Crippen LogP contribution in [0.15, 0.2) is 30.3 Å². The van der Waals surface area contributed by atoms with Gasteiger partial charge in [-0.3, -0.25) is 4.79 Å². The van der Waals surface area contributed by atoms with Crippen molar-refractivity contribution in [2.75, 3.05) is 0 Å². The molecule has 0 spiro atoms. The summed E-state index contributed by atoms with van der Waals surface area (Å²) >= 11 is 0. The molecule has 0 aliphatic heterocycles. The van der Waals surface area contributed by atoms with Gasteiger partial charge >= 0.3 is 5.97 Å². The third kappa shape index (κ3) is 1.67. The highest BCUT2D eigenvalue weighted by Gasteiger charge is 2.29. The van der Waals surface area contributed by atoms with Crippen LogP contribution in [0.25, 0.3) is 6.08 Å². The van der Waals surface area contributed by atoms with Crippen molar-refractivity contribution >= 4 is 12.0 Å². The highest BCUT2D eigenvalue weighted by Crippen LogP contribution is 2.36. The smallest absolute Gasteiger partial charge is 0.307 e. The predicted molar refractivity (Wildman–Crippen MR) is 59.6 cm³/mol. The zero-order chi connectivity index (χ0) is 10.8. The van der Waals surface area contributed by atoms with E-state index in [9.17, 15) is 4.79 Å². The number of rotatable bonds is 3. The second-order valence-electron chi connectivity index (χ2n) is 3.87. The maximum atomic E-state index is 11.1. The number of allylic oxidation sites excluding steroid dienone is 1. The molecule has 15 heavy (non-hydrogen) atoms. The summed E-state index contributed by atoms with van der Waals surface area (Å²) < 4.78 is 0. The van der Waals surface area contributed by atoms with Gasteiger partial charge < -0.3 is 5.11 Å². The fourth-order valence-corrected chi connectivity index (χ4v) is 2.21. The number of hydrogen-bond acceptors (Lipinski definition) is 1. The van der Waals surface area contributed by atoms with Gasteiger partial charge in [-0.25, -0.2) is 0 Å². The normalized spacial score (nSPS) is 19.9. The zero-order valence-corrected chi connectivity index (χ0v) is 8.68. The van der Waals surface area contributed by atoms with Crippen LogP contribution in [0.4, 0.5) is 0 Å². The van der Waals surface area contributed by atoms with E-state index < -0.39 is 5.97 Å². The van der Waals surface area contributed by atoms with Crippen LogP contribution in [0.3, 0.4) is 0 Å². The third-order valence-corrected chi connectivity index (χ3v) is 3.03. The van der Waals surface area contributed by atoms with Gasteiger partial charge in [-0.05, 0) is 17.5 Å². The molecule has 2 atom stereocenters. The van der Waals surface area contributed by atoms with E-state index in [0.717, 1.165) is 11.1 Å². The number of hydrogen-bond donors (Lipinski definition) is 1. The first-order chi connectivity index (χ1) is 7.24. The maximum absolute atomic E-state index is 11.1. The van der Waals surface area contributed by atoms with E-state index >= 15 is 0 Å². The molecule has 1 aliphatic rings. The Morgan fingerprint density at radius 1 is 1.47 bits per heavy atom. The number of aliphatic carboxylic acids is 1. The largest absolute Gasteiger partial charge is 0.481 e. The van der Waals surface area contributed by atoms with E-state index in [2.05, 4.69) is 0 Å². The van der Waals surface area contributed by atoms with Crippen molar-refractivity contribution in [1.29, 1.82) is 0 Å². The topological polar surface area (TPSA) is 37.3 Å². The quantitative estimate of drug-likeness (QED) is 0.818. The summed E-state index contributed by atoms with van der Waals surface area (Å²) in [6.07, 6.45) is 4.69. The standard InChI is InChI=1S/C13H14O2/c1-2-10(13(14)15)12-8-7-9-5-3-4-6-11(9)12/h3-8,10,12H,2H2,1H3,(H,14,15). The summed E-state index contributed by atoms with van der Waals surface area (Å²) in [6.45, 7) is 1.92. The van der Waals surface area contributed by atoms with Gasteiger partial charge in [0, 0.05) is 5.92 Å². The van der Waals surface area contributed by atoms with Crippen LogP contribution in [0.5, 0.6) is 0 Å². The van der Waals surface area contributed by atoms with Crippen LogP contribution in [-0.2, 0) is 4.79 Å². The predicted octanol–water partition coefficient (Wildman–Crippen LogP) is 2.91. The first kappa shape index (κ1) is 9.97.